The van der Waals surface area contributed by atoms with E-state index in [1.54, 1.807) is 11.1 Å². The third-order valence-corrected chi connectivity index (χ3v) is 12.1. The summed E-state index contributed by atoms with van der Waals surface area (Å²) in [5.41, 5.74) is 5.47. The second-order valence-electron chi connectivity index (χ2n) is 13.9. The van der Waals surface area contributed by atoms with Gasteiger partial charge < -0.3 is 9.90 Å². The van der Waals surface area contributed by atoms with E-state index in [0.717, 1.165) is 25.7 Å². The molecule has 0 aromatic rings. The van der Waals surface area contributed by atoms with Crippen molar-refractivity contribution in [3.63, 3.8) is 0 Å². The minimum absolute atomic E-state index is 0.00712. The van der Waals surface area contributed by atoms with Crippen LogP contribution in [0.5, 0.6) is 0 Å². The minimum atomic E-state index is -0.174. The molecule has 0 heterocycles. The molecule has 4 aliphatic rings. The summed E-state index contributed by atoms with van der Waals surface area (Å²) in [7, 11) is 0. The van der Waals surface area contributed by atoms with Gasteiger partial charge in [-0.2, -0.15) is 0 Å². The van der Waals surface area contributed by atoms with E-state index in [1.807, 2.05) is 0 Å². The highest BCUT2D eigenvalue weighted by molar-refractivity contribution is 5.55. The van der Waals surface area contributed by atoms with Crippen LogP contribution >= 0.6 is 0 Å². The van der Waals surface area contributed by atoms with Crippen LogP contribution in [0.3, 0.4) is 0 Å². The van der Waals surface area contributed by atoms with Crippen molar-refractivity contribution in [3.05, 3.63) is 23.3 Å². The van der Waals surface area contributed by atoms with Crippen LogP contribution in [-0.2, 0) is 4.79 Å². The van der Waals surface area contributed by atoms with Gasteiger partial charge in [-0.05, 0) is 104 Å². The van der Waals surface area contributed by atoms with Gasteiger partial charge in [-0.1, -0.05) is 71.8 Å². The van der Waals surface area contributed by atoms with Crippen LogP contribution < -0.4 is 0 Å². The smallest absolute Gasteiger partial charge is 0.123 e. The summed E-state index contributed by atoms with van der Waals surface area (Å²) in [6.45, 7) is 20.9. The van der Waals surface area contributed by atoms with Crippen molar-refractivity contribution in [1.82, 2.24) is 0 Å². The molecule has 0 aromatic heterocycles. The Labute approximate surface area is 203 Å². The van der Waals surface area contributed by atoms with E-state index in [1.165, 1.54) is 50.4 Å². The summed E-state index contributed by atoms with van der Waals surface area (Å²) in [6, 6.07) is 0. The van der Waals surface area contributed by atoms with Gasteiger partial charge in [-0.15, -0.1) is 0 Å². The quantitative estimate of drug-likeness (QED) is 0.327. The Morgan fingerprint density at radius 1 is 1.03 bits per heavy atom. The fourth-order valence-corrected chi connectivity index (χ4v) is 9.41. The second-order valence-corrected chi connectivity index (χ2v) is 13.9. The second kappa shape index (κ2) is 8.35. The molecule has 0 saturated heterocycles. The molecular formula is C31H50O2. The summed E-state index contributed by atoms with van der Waals surface area (Å²) >= 11 is 0. The number of aliphatic hydroxyl groups excluding tert-OH is 1. The predicted octanol–water partition coefficient (Wildman–Crippen LogP) is 7.90. The van der Waals surface area contributed by atoms with E-state index in [0.29, 0.717) is 17.8 Å². The number of aldehydes is 1. The first kappa shape index (κ1) is 25.2. The number of hydrogen-bond donors (Lipinski definition) is 1. The normalized spacial score (nSPS) is 43.0. The van der Waals surface area contributed by atoms with Crippen molar-refractivity contribution in [1.29, 1.82) is 0 Å². The van der Waals surface area contributed by atoms with Crippen molar-refractivity contribution in [3.8, 4) is 0 Å². The highest BCUT2D eigenvalue weighted by atomic mass is 16.3. The molecule has 2 saturated carbocycles. The van der Waals surface area contributed by atoms with Gasteiger partial charge in [-0.25, -0.2) is 0 Å². The van der Waals surface area contributed by atoms with Crippen LogP contribution in [0.25, 0.3) is 0 Å². The zero-order chi connectivity index (χ0) is 24.4. The van der Waals surface area contributed by atoms with Gasteiger partial charge in [0, 0.05) is 5.92 Å². The van der Waals surface area contributed by atoms with Crippen molar-refractivity contribution in [2.75, 3.05) is 0 Å². The summed E-state index contributed by atoms with van der Waals surface area (Å²) < 4.78 is 0. The standard InChI is InChI=1S/C31H50O2/c1-20(2)21(3)9-10-22(19-32)23-13-17-31(8)25-11-12-26-28(4,5)27(33)15-16-29(26,6)24(25)14-18-30(23,31)7/h19-20,22-23,26-27,33H,3,9-18H2,1-2,4-8H3/t22-,23+,26+,27-,29+,30+,31-/m0/s1. The molecule has 2 heteroatoms. The molecule has 0 bridgehead atoms. The topological polar surface area (TPSA) is 37.3 Å². The Morgan fingerprint density at radius 3 is 2.36 bits per heavy atom. The molecule has 1 N–H and O–H groups in total. The van der Waals surface area contributed by atoms with E-state index < -0.39 is 0 Å². The molecule has 7 atom stereocenters. The number of rotatable bonds is 6. The number of aliphatic hydroxyl groups is 1. The van der Waals surface area contributed by atoms with Gasteiger partial charge in [0.05, 0.1) is 6.10 Å². The van der Waals surface area contributed by atoms with Crippen LogP contribution in [0, 0.1) is 45.3 Å². The number of allylic oxidation sites excluding steroid dienone is 3. The summed E-state index contributed by atoms with van der Waals surface area (Å²) in [6.07, 6.45) is 12.4. The van der Waals surface area contributed by atoms with Crippen LogP contribution in [0.15, 0.2) is 23.3 Å². The predicted molar refractivity (Wildman–Crippen MR) is 138 cm³/mol. The monoisotopic (exact) mass is 454 g/mol. The fourth-order valence-electron chi connectivity index (χ4n) is 9.41. The Hall–Kier alpha value is -0.890. The molecule has 2 fully saturated rings. The Bertz CT molecular complexity index is 834. The van der Waals surface area contributed by atoms with E-state index in [4.69, 9.17) is 0 Å². The first-order valence-corrected chi connectivity index (χ1v) is 13.9. The average molecular weight is 455 g/mol. The Balaban J connectivity index is 1.65. The minimum Gasteiger partial charge on any atom is -0.393 e. The van der Waals surface area contributed by atoms with Gasteiger partial charge in [0.1, 0.15) is 6.29 Å². The number of fused-ring (bicyclic) bond motifs is 4. The molecule has 33 heavy (non-hydrogen) atoms. The maximum atomic E-state index is 12.4. The molecule has 186 valence electrons. The highest BCUT2D eigenvalue weighted by Crippen LogP contribution is 2.72. The zero-order valence-corrected chi connectivity index (χ0v) is 22.6. The zero-order valence-electron chi connectivity index (χ0n) is 22.6. The van der Waals surface area contributed by atoms with Crippen molar-refractivity contribution in [2.45, 2.75) is 119 Å². The first-order valence-electron chi connectivity index (χ1n) is 13.9. The molecule has 4 rings (SSSR count). The molecule has 0 aliphatic heterocycles. The van der Waals surface area contributed by atoms with Crippen LogP contribution in [0.2, 0.25) is 0 Å². The number of hydrogen-bond acceptors (Lipinski definition) is 2. The van der Waals surface area contributed by atoms with E-state index in [-0.39, 0.29) is 33.7 Å². The van der Waals surface area contributed by atoms with Crippen molar-refractivity contribution < 1.29 is 9.90 Å². The lowest BCUT2D eigenvalue weighted by Gasteiger charge is -2.62. The van der Waals surface area contributed by atoms with Gasteiger partial charge in [-0.3, -0.25) is 0 Å². The molecule has 0 radical (unpaired) electrons. The van der Waals surface area contributed by atoms with Crippen LogP contribution in [0.4, 0.5) is 0 Å². The SMILES string of the molecule is C=C(CC[C@@H](C=O)[C@H]1CC[C@@]2(C)C3=C(CC[C@]12C)[C@@]1(C)CC[C@H](O)C(C)(C)[C@H]1CC3)C(C)C. The fraction of sp³-hybridized carbons (Fsp3) is 0.839. The maximum absolute atomic E-state index is 12.4. The number of carbonyl (C=O) groups is 1. The maximum Gasteiger partial charge on any atom is 0.123 e. The van der Waals surface area contributed by atoms with Gasteiger partial charge in [0.15, 0.2) is 0 Å². The molecule has 0 aromatic carbocycles. The molecular weight excluding hydrogens is 404 g/mol. The molecule has 2 nitrogen and oxygen atoms in total. The largest absolute Gasteiger partial charge is 0.393 e. The van der Waals surface area contributed by atoms with Crippen molar-refractivity contribution in [2.24, 2.45) is 45.3 Å². The highest BCUT2D eigenvalue weighted by Gasteiger charge is 2.63. The molecule has 0 spiro atoms. The van der Waals surface area contributed by atoms with Gasteiger partial charge in [0.2, 0.25) is 0 Å². The van der Waals surface area contributed by atoms with Gasteiger partial charge >= 0.3 is 0 Å². The first-order chi connectivity index (χ1) is 15.3. The van der Waals surface area contributed by atoms with Crippen LogP contribution in [-0.4, -0.2) is 17.5 Å². The third-order valence-electron chi connectivity index (χ3n) is 12.1. The Kier molecular flexibility index (Phi) is 6.38. The van der Waals surface area contributed by atoms with E-state index in [2.05, 4.69) is 55.0 Å². The third kappa shape index (κ3) is 3.56. The number of carbonyl (C=O) groups excluding carboxylic acids is 1. The lowest BCUT2D eigenvalue weighted by molar-refractivity contribution is -0.115. The van der Waals surface area contributed by atoms with Crippen LogP contribution in [0.1, 0.15) is 113 Å². The Morgan fingerprint density at radius 2 is 1.73 bits per heavy atom. The van der Waals surface area contributed by atoms with Gasteiger partial charge in [0.25, 0.3) is 0 Å². The van der Waals surface area contributed by atoms with E-state index in [9.17, 15) is 9.90 Å². The lowest BCUT2D eigenvalue weighted by Crippen LogP contribution is -2.55. The lowest BCUT2D eigenvalue weighted by atomic mass is 9.43. The van der Waals surface area contributed by atoms with E-state index >= 15 is 0 Å². The van der Waals surface area contributed by atoms with Crippen molar-refractivity contribution >= 4 is 6.29 Å². The molecule has 4 aliphatic carbocycles. The summed E-state index contributed by atoms with van der Waals surface area (Å²) in [5, 5.41) is 10.8. The summed E-state index contributed by atoms with van der Waals surface area (Å²) in [5.74, 6) is 1.72. The summed E-state index contributed by atoms with van der Waals surface area (Å²) in [4.78, 5) is 12.4. The molecule has 0 amide bonds. The average Bonchev–Trinajstić information content (AvgIpc) is 3.03. The molecule has 0 unspecified atom stereocenters.